The van der Waals surface area contributed by atoms with Crippen LogP contribution in [-0.2, 0) is 0 Å². The van der Waals surface area contributed by atoms with Gasteiger partial charge in [0.05, 0.1) is 19.4 Å². The second-order valence-corrected chi connectivity index (χ2v) is 6.07. The van der Waals surface area contributed by atoms with Crippen LogP contribution in [0.15, 0.2) is 42.5 Å². The van der Waals surface area contributed by atoms with Crippen molar-refractivity contribution in [3.05, 3.63) is 42.5 Å². The molecular weight excluding hydrogens is 288 g/mol. The monoisotopic (exact) mass is 310 g/mol. The maximum Gasteiger partial charge on any atom is 0.143 e. The van der Waals surface area contributed by atoms with E-state index >= 15 is 0 Å². The molecule has 0 aliphatic carbocycles. The molecule has 4 nitrogen and oxygen atoms in total. The molecule has 120 valence electrons. The number of hydrogen-bond acceptors (Lipinski definition) is 4. The lowest BCUT2D eigenvalue weighted by molar-refractivity contribution is 0.304. The summed E-state index contributed by atoms with van der Waals surface area (Å²) in [7, 11) is 1.71. The number of nitrogens with zero attached hydrogens (tertiary/aromatic N) is 1. The third-order valence-corrected chi connectivity index (χ3v) is 4.75. The first-order valence-electron chi connectivity index (χ1n) is 8.24. The van der Waals surface area contributed by atoms with Crippen LogP contribution in [0.5, 0.6) is 11.5 Å². The molecule has 0 radical (unpaired) electrons. The molecule has 0 amide bonds. The van der Waals surface area contributed by atoms with Crippen LogP contribution in [0.1, 0.15) is 6.42 Å². The summed E-state index contributed by atoms with van der Waals surface area (Å²) < 4.78 is 11.6. The number of fused-ring (bicyclic) bond motifs is 3. The molecule has 1 atom stereocenters. The number of piperazine rings is 1. The Hall–Kier alpha value is -2.20. The summed E-state index contributed by atoms with van der Waals surface area (Å²) >= 11 is 0. The number of ether oxygens (including phenoxy) is 2. The molecule has 2 aromatic carbocycles. The van der Waals surface area contributed by atoms with Gasteiger partial charge in [-0.1, -0.05) is 24.3 Å². The molecule has 1 fully saturated rings. The van der Waals surface area contributed by atoms with E-state index in [2.05, 4.69) is 34.5 Å². The molecule has 23 heavy (non-hydrogen) atoms. The molecule has 4 heteroatoms. The number of nitrogens with one attached hydrogen (secondary N) is 1. The minimum atomic E-state index is 0.530. The predicted octanol–water partition coefficient (Wildman–Crippen LogP) is 2.92. The lowest BCUT2D eigenvalue weighted by atomic mass is 10.0. The lowest BCUT2D eigenvalue weighted by Crippen LogP contribution is -2.51. The van der Waals surface area contributed by atoms with Crippen molar-refractivity contribution < 1.29 is 9.47 Å². The molecule has 4 rings (SSSR count). The largest absolute Gasteiger partial charge is 0.496 e. The third-order valence-electron chi connectivity index (χ3n) is 4.75. The zero-order chi connectivity index (χ0) is 15.6. The average molecular weight is 310 g/mol. The van der Waals surface area contributed by atoms with Crippen LogP contribution in [0.3, 0.4) is 0 Å². The maximum atomic E-state index is 6.07. The van der Waals surface area contributed by atoms with E-state index in [1.54, 1.807) is 7.11 Å². The van der Waals surface area contributed by atoms with Crippen molar-refractivity contribution in [1.82, 2.24) is 5.32 Å². The summed E-state index contributed by atoms with van der Waals surface area (Å²) in [5.74, 6) is 1.87. The summed E-state index contributed by atoms with van der Waals surface area (Å²) in [5, 5.41) is 3.48. The molecule has 0 spiro atoms. The van der Waals surface area contributed by atoms with Gasteiger partial charge in [0.1, 0.15) is 11.5 Å². The normalized spacial score (nSPS) is 20.0. The number of hydrogen-bond donors (Lipinski definition) is 1. The Kier molecular flexibility index (Phi) is 3.83. The van der Waals surface area contributed by atoms with Crippen molar-refractivity contribution in [2.45, 2.75) is 12.5 Å². The van der Waals surface area contributed by atoms with E-state index in [0.29, 0.717) is 6.04 Å². The number of methoxy groups -OCH3 is 1. The number of rotatable bonds is 2. The molecule has 1 N–H and O–H groups in total. The first-order valence-corrected chi connectivity index (χ1v) is 8.24. The Bertz CT molecular complexity index is 702. The van der Waals surface area contributed by atoms with E-state index in [-0.39, 0.29) is 0 Å². The molecule has 2 aliphatic rings. The van der Waals surface area contributed by atoms with E-state index in [1.807, 2.05) is 18.2 Å². The van der Waals surface area contributed by atoms with E-state index < -0.39 is 0 Å². The Morgan fingerprint density at radius 1 is 1.22 bits per heavy atom. The highest BCUT2D eigenvalue weighted by Gasteiger charge is 2.27. The molecule has 2 aliphatic heterocycles. The van der Waals surface area contributed by atoms with Crippen molar-refractivity contribution in [1.29, 1.82) is 0 Å². The van der Waals surface area contributed by atoms with Gasteiger partial charge in [0.2, 0.25) is 0 Å². The van der Waals surface area contributed by atoms with Crippen molar-refractivity contribution in [3.8, 4) is 22.6 Å². The van der Waals surface area contributed by atoms with Gasteiger partial charge in [0, 0.05) is 37.7 Å². The first-order chi connectivity index (χ1) is 11.4. The third kappa shape index (κ3) is 2.63. The van der Waals surface area contributed by atoms with Gasteiger partial charge in [0.25, 0.3) is 0 Å². The second-order valence-electron chi connectivity index (χ2n) is 6.07. The van der Waals surface area contributed by atoms with Crippen LogP contribution in [0.4, 0.5) is 5.69 Å². The number of benzene rings is 2. The van der Waals surface area contributed by atoms with Crippen molar-refractivity contribution in [2.75, 3.05) is 38.3 Å². The van der Waals surface area contributed by atoms with Gasteiger partial charge in [0.15, 0.2) is 0 Å². The SMILES string of the molecule is COc1ccccc1-c1ccc2c(c1)OCC[C@H]1CNCCN21. The van der Waals surface area contributed by atoms with E-state index in [4.69, 9.17) is 9.47 Å². The summed E-state index contributed by atoms with van der Waals surface area (Å²) in [4.78, 5) is 2.49. The van der Waals surface area contributed by atoms with Crippen molar-refractivity contribution in [2.24, 2.45) is 0 Å². The highest BCUT2D eigenvalue weighted by Crippen LogP contribution is 2.39. The highest BCUT2D eigenvalue weighted by atomic mass is 16.5. The van der Waals surface area contributed by atoms with Gasteiger partial charge in [-0.3, -0.25) is 0 Å². The molecule has 2 aromatic rings. The fourth-order valence-electron chi connectivity index (χ4n) is 3.56. The second kappa shape index (κ2) is 6.13. The van der Waals surface area contributed by atoms with Gasteiger partial charge >= 0.3 is 0 Å². The molecular formula is C19H22N2O2. The van der Waals surface area contributed by atoms with Gasteiger partial charge in [-0.05, 0) is 23.8 Å². The van der Waals surface area contributed by atoms with Gasteiger partial charge in [-0.15, -0.1) is 0 Å². The van der Waals surface area contributed by atoms with Crippen LogP contribution >= 0.6 is 0 Å². The summed E-state index contributed by atoms with van der Waals surface area (Å²) in [6, 6.07) is 15.2. The summed E-state index contributed by atoms with van der Waals surface area (Å²) in [6.07, 6.45) is 1.06. The van der Waals surface area contributed by atoms with Crippen LogP contribution < -0.4 is 19.7 Å². The number of para-hydroxylation sites is 1. The molecule has 0 aromatic heterocycles. The average Bonchev–Trinajstić information content (AvgIpc) is 2.80. The smallest absolute Gasteiger partial charge is 0.143 e. The molecule has 0 bridgehead atoms. The van der Waals surface area contributed by atoms with Gasteiger partial charge in [-0.25, -0.2) is 0 Å². The summed E-state index contributed by atoms with van der Waals surface area (Å²) in [6.45, 7) is 3.88. The molecule has 0 unspecified atom stereocenters. The van der Waals surface area contributed by atoms with Crippen LogP contribution in [0, 0.1) is 0 Å². The summed E-state index contributed by atoms with van der Waals surface area (Å²) in [5.41, 5.74) is 3.45. The zero-order valence-electron chi connectivity index (χ0n) is 13.4. The quantitative estimate of drug-likeness (QED) is 0.925. The Labute approximate surface area is 137 Å². The Morgan fingerprint density at radius 2 is 2.13 bits per heavy atom. The molecule has 1 saturated heterocycles. The maximum absolute atomic E-state index is 6.07. The number of anilines is 1. The molecule has 0 saturated carbocycles. The Morgan fingerprint density at radius 3 is 3.04 bits per heavy atom. The standard InChI is InChI=1S/C19H22N2O2/c1-22-18-5-3-2-4-16(18)14-6-7-17-19(12-14)23-11-8-15-13-20-9-10-21(15)17/h2-7,12,15,20H,8-11,13H2,1H3/t15-/m0/s1. The van der Waals surface area contributed by atoms with Crippen molar-refractivity contribution in [3.63, 3.8) is 0 Å². The lowest BCUT2D eigenvalue weighted by Gasteiger charge is -2.36. The predicted molar refractivity (Wildman–Crippen MR) is 92.5 cm³/mol. The minimum absolute atomic E-state index is 0.530. The molecule has 2 heterocycles. The fourth-order valence-corrected chi connectivity index (χ4v) is 3.56. The highest BCUT2D eigenvalue weighted by molar-refractivity contribution is 5.75. The Balaban J connectivity index is 1.75. The van der Waals surface area contributed by atoms with Gasteiger partial charge in [-0.2, -0.15) is 0 Å². The van der Waals surface area contributed by atoms with Crippen molar-refractivity contribution >= 4 is 5.69 Å². The van der Waals surface area contributed by atoms with Crippen LogP contribution in [0.25, 0.3) is 11.1 Å². The fraction of sp³-hybridized carbons (Fsp3) is 0.368. The zero-order valence-corrected chi connectivity index (χ0v) is 13.4. The van der Waals surface area contributed by atoms with Crippen LogP contribution in [-0.4, -0.2) is 39.4 Å². The van der Waals surface area contributed by atoms with Crippen LogP contribution in [0.2, 0.25) is 0 Å². The van der Waals surface area contributed by atoms with E-state index in [0.717, 1.165) is 55.3 Å². The van der Waals surface area contributed by atoms with E-state index in [9.17, 15) is 0 Å². The first kappa shape index (κ1) is 14.4. The van der Waals surface area contributed by atoms with Gasteiger partial charge < -0.3 is 19.7 Å². The topological polar surface area (TPSA) is 33.7 Å². The van der Waals surface area contributed by atoms with E-state index in [1.165, 1.54) is 5.69 Å². The minimum Gasteiger partial charge on any atom is -0.496 e.